The van der Waals surface area contributed by atoms with Gasteiger partial charge in [-0.2, -0.15) is 0 Å². The maximum absolute atomic E-state index is 11.9. The van der Waals surface area contributed by atoms with Crippen molar-refractivity contribution in [3.05, 3.63) is 18.2 Å². The summed E-state index contributed by atoms with van der Waals surface area (Å²) in [6, 6.07) is -0.447. The van der Waals surface area contributed by atoms with E-state index in [-0.39, 0.29) is 18.1 Å². The van der Waals surface area contributed by atoms with Crippen molar-refractivity contribution in [3.8, 4) is 0 Å². The number of hydrogen-bond acceptors (Lipinski definition) is 4. The number of rotatable bonds is 6. The van der Waals surface area contributed by atoms with Gasteiger partial charge in [-0.1, -0.05) is 20.8 Å². The molecule has 0 aliphatic carbocycles. The largest absolute Gasteiger partial charge is 0.467 e. The molecule has 1 heterocycles. The van der Waals surface area contributed by atoms with E-state index in [4.69, 9.17) is 10.5 Å². The smallest absolute Gasteiger partial charge is 0.328 e. The molecule has 0 aliphatic rings. The number of carbonyl (C=O) groups is 1. The van der Waals surface area contributed by atoms with Crippen molar-refractivity contribution in [3.63, 3.8) is 0 Å². The number of imidazole rings is 1. The fourth-order valence-corrected chi connectivity index (χ4v) is 1.98. The van der Waals surface area contributed by atoms with Crippen molar-refractivity contribution in [1.29, 1.82) is 0 Å². The Morgan fingerprint density at radius 3 is 2.72 bits per heavy atom. The zero-order valence-corrected chi connectivity index (χ0v) is 11.6. The molecule has 0 spiro atoms. The topological polar surface area (TPSA) is 70.1 Å². The van der Waals surface area contributed by atoms with E-state index in [1.54, 1.807) is 12.5 Å². The summed E-state index contributed by atoms with van der Waals surface area (Å²) in [6.45, 7) is 6.16. The Morgan fingerprint density at radius 2 is 2.22 bits per heavy atom. The summed E-state index contributed by atoms with van der Waals surface area (Å²) in [4.78, 5) is 16.0. The van der Waals surface area contributed by atoms with Gasteiger partial charge in [0.2, 0.25) is 0 Å². The number of nitrogens with two attached hydrogens (primary N) is 1. The highest BCUT2D eigenvalue weighted by Crippen LogP contribution is 2.24. The number of hydrogen-bond donors (Lipinski definition) is 1. The Labute approximate surface area is 108 Å². The zero-order chi connectivity index (χ0) is 13.7. The van der Waals surface area contributed by atoms with Crippen LogP contribution >= 0.6 is 0 Å². The molecule has 102 valence electrons. The lowest BCUT2D eigenvalue weighted by atomic mass is 10.0. The molecule has 0 radical (unpaired) electrons. The summed E-state index contributed by atoms with van der Waals surface area (Å²) in [5.74, 6) is 0.147. The van der Waals surface area contributed by atoms with Crippen molar-refractivity contribution in [2.24, 2.45) is 11.7 Å². The fraction of sp³-hybridized carbons (Fsp3) is 0.692. The van der Waals surface area contributed by atoms with Crippen LogP contribution in [0.5, 0.6) is 0 Å². The van der Waals surface area contributed by atoms with Crippen molar-refractivity contribution < 1.29 is 9.53 Å². The van der Waals surface area contributed by atoms with Crippen LogP contribution in [-0.2, 0) is 9.53 Å². The number of nitrogens with zero attached hydrogens (tertiary/aromatic N) is 2. The zero-order valence-electron chi connectivity index (χ0n) is 11.6. The molecule has 1 aromatic heterocycles. The van der Waals surface area contributed by atoms with Crippen LogP contribution in [0, 0.1) is 5.92 Å². The van der Waals surface area contributed by atoms with Crippen LogP contribution < -0.4 is 5.73 Å². The van der Waals surface area contributed by atoms with Gasteiger partial charge in [0, 0.05) is 12.2 Å². The highest BCUT2D eigenvalue weighted by Gasteiger charge is 2.25. The van der Waals surface area contributed by atoms with Gasteiger partial charge in [-0.15, -0.1) is 0 Å². The third kappa shape index (κ3) is 3.32. The second-order valence-corrected chi connectivity index (χ2v) is 4.91. The Morgan fingerprint density at radius 1 is 1.56 bits per heavy atom. The first kappa shape index (κ1) is 14.7. The first-order chi connectivity index (χ1) is 8.51. The molecule has 0 fully saturated rings. The summed E-state index contributed by atoms with van der Waals surface area (Å²) in [5.41, 5.74) is 6.92. The van der Waals surface area contributed by atoms with E-state index < -0.39 is 0 Å². The molecule has 18 heavy (non-hydrogen) atoms. The molecule has 5 heteroatoms. The van der Waals surface area contributed by atoms with Crippen LogP contribution in [-0.4, -0.2) is 22.6 Å². The third-order valence-corrected chi connectivity index (χ3v) is 3.02. The molecule has 5 nitrogen and oxygen atoms in total. The fourth-order valence-electron chi connectivity index (χ4n) is 1.98. The minimum absolute atomic E-state index is 0.105. The van der Waals surface area contributed by atoms with Gasteiger partial charge in [0.25, 0.3) is 0 Å². The molecule has 1 aromatic rings. The standard InChI is InChI=1S/C13H23N3O2/c1-5-10(14)12-7-15-8-16(12)11(6-9(2)3)13(17)18-4/h7-11H,5-6,14H2,1-4H3/t10-,11?/m1/s1. The molecular formula is C13H23N3O2. The summed E-state index contributed by atoms with van der Waals surface area (Å²) in [6.07, 6.45) is 4.91. The number of methoxy groups -OCH3 is 1. The first-order valence-corrected chi connectivity index (χ1v) is 6.36. The maximum Gasteiger partial charge on any atom is 0.328 e. The Balaban J connectivity index is 3.05. The highest BCUT2D eigenvalue weighted by atomic mass is 16.5. The van der Waals surface area contributed by atoms with Gasteiger partial charge < -0.3 is 15.0 Å². The van der Waals surface area contributed by atoms with E-state index in [1.165, 1.54) is 7.11 Å². The lowest BCUT2D eigenvalue weighted by molar-refractivity contribution is -0.145. The molecule has 0 aliphatic heterocycles. The second-order valence-electron chi connectivity index (χ2n) is 4.91. The SMILES string of the molecule is CC[C@@H](N)c1cncn1C(CC(C)C)C(=O)OC. The van der Waals surface area contributed by atoms with E-state index in [0.29, 0.717) is 12.3 Å². The molecule has 1 unspecified atom stereocenters. The minimum atomic E-state index is -0.343. The number of esters is 1. The molecular weight excluding hydrogens is 230 g/mol. The maximum atomic E-state index is 11.9. The van der Waals surface area contributed by atoms with Crippen LogP contribution in [0.3, 0.4) is 0 Å². The normalized spacial score (nSPS) is 14.6. The van der Waals surface area contributed by atoms with Gasteiger partial charge in [0.1, 0.15) is 6.04 Å². The van der Waals surface area contributed by atoms with Crippen LogP contribution in [0.2, 0.25) is 0 Å². The Hall–Kier alpha value is -1.36. The summed E-state index contributed by atoms with van der Waals surface area (Å²) < 4.78 is 6.72. The number of aromatic nitrogens is 2. The average molecular weight is 253 g/mol. The van der Waals surface area contributed by atoms with Crippen molar-refractivity contribution >= 4 is 5.97 Å². The molecule has 0 amide bonds. The predicted octanol–water partition coefficient (Wildman–Crippen LogP) is 2.05. The summed E-state index contributed by atoms with van der Waals surface area (Å²) in [5, 5.41) is 0. The highest BCUT2D eigenvalue weighted by molar-refractivity contribution is 5.74. The number of ether oxygens (including phenoxy) is 1. The van der Waals surface area contributed by atoms with E-state index in [2.05, 4.69) is 18.8 Å². The van der Waals surface area contributed by atoms with Gasteiger partial charge in [-0.05, 0) is 18.8 Å². The van der Waals surface area contributed by atoms with E-state index in [1.807, 2.05) is 11.5 Å². The van der Waals surface area contributed by atoms with Gasteiger partial charge in [0.15, 0.2) is 0 Å². The Kier molecular flexibility index (Phi) is 5.34. The van der Waals surface area contributed by atoms with Crippen LogP contribution in [0.4, 0.5) is 0 Å². The first-order valence-electron chi connectivity index (χ1n) is 6.36. The predicted molar refractivity (Wildman–Crippen MR) is 70.0 cm³/mol. The molecule has 0 bridgehead atoms. The lowest BCUT2D eigenvalue weighted by Crippen LogP contribution is -2.26. The van der Waals surface area contributed by atoms with Crippen LogP contribution in [0.15, 0.2) is 12.5 Å². The molecule has 1 rings (SSSR count). The number of carbonyl (C=O) groups excluding carboxylic acids is 1. The molecule has 0 saturated carbocycles. The average Bonchev–Trinajstić information content (AvgIpc) is 2.82. The van der Waals surface area contributed by atoms with E-state index in [0.717, 1.165) is 12.1 Å². The van der Waals surface area contributed by atoms with Gasteiger partial charge in [-0.3, -0.25) is 0 Å². The molecule has 2 N–H and O–H groups in total. The quantitative estimate of drug-likeness (QED) is 0.788. The monoisotopic (exact) mass is 253 g/mol. The molecule has 0 saturated heterocycles. The van der Waals surface area contributed by atoms with Crippen LogP contribution in [0.25, 0.3) is 0 Å². The minimum Gasteiger partial charge on any atom is -0.467 e. The van der Waals surface area contributed by atoms with Crippen molar-refractivity contribution in [1.82, 2.24) is 9.55 Å². The molecule has 0 aromatic carbocycles. The molecule has 2 atom stereocenters. The van der Waals surface area contributed by atoms with Crippen molar-refractivity contribution in [2.75, 3.05) is 7.11 Å². The van der Waals surface area contributed by atoms with E-state index in [9.17, 15) is 4.79 Å². The van der Waals surface area contributed by atoms with Crippen LogP contribution in [0.1, 0.15) is 51.4 Å². The summed E-state index contributed by atoms with van der Waals surface area (Å²) in [7, 11) is 1.41. The Bertz CT molecular complexity index is 387. The third-order valence-electron chi connectivity index (χ3n) is 3.02. The second kappa shape index (κ2) is 6.54. The van der Waals surface area contributed by atoms with Gasteiger partial charge in [-0.25, -0.2) is 9.78 Å². The van der Waals surface area contributed by atoms with Crippen molar-refractivity contribution in [2.45, 2.75) is 45.7 Å². The van der Waals surface area contributed by atoms with E-state index >= 15 is 0 Å². The summed E-state index contributed by atoms with van der Waals surface area (Å²) >= 11 is 0. The van der Waals surface area contributed by atoms with Gasteiger partial charge >= 0.3 is 5.97 Å². The lowest BCUT2D eigenvalue weighted by Gasteiger charge is -2.22. The van der Waals surface area contributed by atoms with Gasteiger partial charge in [0.05, 0.1) is 19.1 Å².